The normalized spacial score (nSPS) is 12.1. The Hall–Kier alpha value is -2.89. The first-order valence-electron chi connectivity index (χ1n) is 8.95. The number of rotatable bonds is 5. The fraction of sp³-hybridized carbons (Fsp3) is 0.136. The van der Waals surface area contributed by atoms with E-state index in [4.69, 9.17) is 32.4 Å². The summed E-state index contributed by atoms with van der Waals surface area (Å²) >= 11 is 12.1. The van der Waals surface area contributed by atoms with Crippen molar-refractivity contribution in [2.45, 2.75) is 19.4 Å². The zero-order chi connectivity index (χ0) is 20.4. The standard InChI is InChI=1S/C22H16Cl2N2O3/c1-13(7-14-3-2-6-25-12-14)28-22(27)15-4-5-19-20(10-15)29-21(26-19)16-8-17(23)11-18(24)9-16/h2-6,8-13H,7H2,1H3. The van der Waals surface area contributed by atoms with Gasteiger partial charge in [0.2, 0.25) is 5.89 Å². The van der Waals surface area contributed by atoms with Gasteiger partial charge in [-0.15, -0.1) is 0 Å². The van der Waals surface area contributed by atoms with Crippen molar-refractivity contribution in [3.05, 3.63) is 82.1 Å². The van der Waals surface area contributed by atoms with Crippen molar-refractivity contribution in [3.63, 3.8) is 0 Å². The van der Waals surface area contributed by atoms with Crippen LogP contribution in [-0.4, -0.2) is 22.0 Å². The molecule has 2 aromatic heterocycles. The lowest BCUT2D eigenvalue weighted by Crippen LogP contribution is -2.17. The number of ether oxygens (including phenoxy) is 1. The van der Waals surface area contributed by atoms with Crippen molar-refractivity contribution in [1.82, 2.24) is 9.97 Å². The lowest BCUT2D eigenvalue weighted by Gasteiger charge is -2.13. The SMILES string of the molecule is CC(Cc1cccnc1)OC(=O)c1ccc2nc(-c3cc(Cl)cc(Cl)c3)oc2c1. The number of aromatic nitrogens is 2. The summed E-state index contributed by atoms with van der Waals surface area (Å²) in [6, 6.07) is 13.9. The van der Waals surface area contributed by atoms with E-state index in [0.29, 0.717) is 44.6 Å². The summed E-state index contributed by atoms with van der Waals surface area (Å²) in [4.78, 5) is 21.0. The molecule has 1 atom stereocenters. The van der Waals surface area contributed by atoms with Crippen molar-refractivity contribution in [2.24, 2.45) is 0 Å². The van der Waals surface area contributed by atoms with E-state index in [1.54, 1.807) is 48.8 Å². The van der Waals surface area contributed by atoms with Gasteiger partial charge in [0.15, 0.2) is 5.58 Å². The topological polar surface area (TPSA) is 65.2 Å². The van der Waals surface area contributed by atoms with Crippen LogP contribution in [0.1, 0.15) is 22.8 Å². The van der Waals surface area contributed by atoms with Gasteiger partial charge < -0.3 is 9.15 Å². The number of carbonyl (C=O) groups excluding carboxylic acids is 1. The monoisotopic (exact) mass is 426 g/mol. The predicted molar refractivity (Wildman–Crippen MR) is 112 cm³/mol. The Labute approximate surface area is 177 Å². The highest BCUT2D eigenvalue weighted by Crippen LogP contribution is 2.29. The Morgan fingerprint density at radius 1 is 1.14 bits per heavy atom. The first-order valence-corrected chi connectivity index (χ1v) is 9.70. The maximum absolute atomic E-state index is 12.5. The van der Waals surface area contributed by atoms with Crippen LogP contribution in [-0.2, 0) is 11.2 Å². The van der Waals surface area contributed by atoms with Gasteiger partial charge >= 0.3 is 5.97 Å². The van der Waals surface area contributed by atoms with E-state index in [0.717, 1.165) is 5.56 Å². The van der Waals surface area contributed by atoms with E-state index in [1.807, 2.05) is 19.1 Å². The van der Waals surface area contributed by atoms with Crippen LogP contribution in [0.25, 0.3) is 22.6 Å². The second-order valence-electron chi connectivity index (χ2n) is 6.64. The number of oxazole rings is 1. The quantitative estimate of drug-likeness (QED) is 0.367. The molecular weight excluding hydrogens is 411 g/mol. The highest BCUT2D eigenvalue weighted by Gasteiger charge is 2.16. The van der Waals surface area contributed by atoms with E-state index in [9.17, 15) is 4.79 Å². The Balaban J connectivity index is 1.53. The number of fused-ring (bicyclic) bond motifs is 1. The number of halogens is 2. The number of hydrogen-bond acceptors (Lipinski definition) is 5. The van der Waals surface area contributed by atoms with Crippen LogP contribution in [0.4, 0.5) is 0 Å². The predicted octanol–water partition coefficient (Wildman–Crippen LogP) is 5.98. The van der Waals surface area contributed by atoms with E-state index in [1.165, 1.54) is 0 Å². The molecule has 1 unspecified atom stereocenters. The van der Waals surface area contributed by atoms with E-state index in [2.05, 4.69) is 9.97 Å². The minimum absolute atomic E-state index is 0.290. The molecule has 0 N–H and O–H groups in total. The Kier molecular flexibility index (Phi) is 5.51. The van der Waals surface area contributed by atoms with Gasteiger partial charge in [0.1, 0.15) is 11.6 Å². The molecule has 0 radical (unpaired) electrons. The van der Waals surface area contributed by atoms with E-state index >= 15 is 0 Å². The van der Waals surface area contributed by atoms with Gasteiger partial charge in [0, 0.05) is 34.4 Å². The average molecular weight is 427 g/mol. The largest absolute Gasteiger partial charge is 0.459 e. The molecule has 2 heterocycles. The zero-order valence-corrected chi connectivity index (χ0v) is 16.9. The van der Waals surface area contributed by atoms with E-state index < -0.39 is 5.97 Å². The molecule has 2 aromatic carbocycles. The molecule has 29 heavy (non-hydrogen) atoms. The number of pyridine rings is 1. The maximum atomic E-state index is 12.5. The highest BCUT2D eigenvalue weighted by molar-refractivity contribution is 6.35. The minimum atomic E-state index is -0.424. The molecule has 0 aliphatic heterocycles. The summed E-state index contributed by atoms with van der Waals surface area (Å²) in [7, 11) is 0. The van der Waals surface area contributed by atoms with Gasteiger partial charge in [0.05, 0.1) is 5.56 Å². The fourth-order valence-corrected chi connectivity index (χ4v) is 3.52. The number of esters is 1. The number of carbonyl (C=O) groups is 1. The van der Waals surface area contributed by atoms with Crippen LogP contribution in [0.15, 0.2) is 65.3 Å². The molecule has 0 aliphatic rings. The first-order chi connectivity index (χ1) is 14.0. The molecular formula is C22H16Cl2N2O3. The highest BCUT2D eigenvalue weighted by atomic mass is 35.5. The van der Waals surface area contributed by atoms with Crippen molar-refractivity contribution < 1.29 is 13.9 Å². The molecule has 146 valence electrons. The number of hydrogen-bond donors (Lipinski definition) is 0. The average Bonchev–Trinajstić information content (AvgIpc) is 3.11. The number of benzene rings is 2. The summed E-state index contributed by atoms with van der Waals surface area (Å²) in [5.74, 6) is -0.0492. The van der Waals surface area contributed by atoms with Crippen molar-refractivity contribution >= 4 is 40.3 Å². The Morgan fingerprint density at radius 3 is 2.66 bits per heavy atom. The van der Waals surface area contributed by atoms with Crippen LogP contribution < -0.4 is 0 Å². The molecule has 7 heteroatoms. The minimum Gasteiger partial charge on any atom is -0.459 e. The fourth-order valence-electron chi connectivity index (χ4n) is 3.00. The number of nitrogens with zero attached hydrogens (tertiary/aromatic N) is 2. The molecule has 4 aromatic rings. The van der Waals surface area contributed by atoms with Gasteiger partial charge in [0.25, 0.3) is 0 Å². The lowest BCUT2D eigenvalue weighted by molar-refractivity contribution is 0.0343. The molecule has 0 bridgehead atoms. The third kappa shape index (κ3) is 4.58. The second kappa shape index (κ2) is 8.23. The smallest absolute Gasteiger partial charge is 0.338 e. The third-order valence-corrected chi connectivity index (χ3v) is 4.72. The van der Waals surface area contributed by atoms with Gasteiger partial charge in [-0.3, -0.25) is 4.98 Å². The van der Waals surface area contributed by atoms with Crippen molar-refractivity contribution in [1.29, 1.82) is 0 Å². The van der Waals surface area contributed by atoms with Crippen LogP contribution in [0.5, 0.6) is 0 Å². The molecule has 0 amide bonds. The van der Waals surface area contributed by atoms with Gasteiger partial charge in [-0.1, -0.05) is 29.3 Å². The van der Waals surface area contributed by atoms with Gasteiger partial charge in [-0.2, -0.15) is 0 Å². The molecule has 0 spiro atoms. The van der Waals surface area contributed by atoms with Crippen LogP contribution in [0.3, 0.4) is 0 Å². The summed E-state index contributed by atoms with van der Waals surface area (Å²) in [6.07, 6.45) is 3.76. The summed E-state index contributed by atoms with van der Waals surface area (Å²) < 4.78 is 11.4. The zero-order valence-electron chi connectivity index (χ0n) is 15.4. The van der Waals surface area contributed by atoms with E-state index in [-0.39, 0.29) is 6.10 Å². The molecule has 4 rings (SSSR count). The van der Waals surface area contributed by atoms with Crippen LogP contribution in [0.2, 0.25) is 10.0 Å². The van der Waals surface area contributed by atoms with Crippen molar-refractivity contribution in [2.75, 3.05) is 0 Å². The van der Waals surface area contributed by atoms with Crippen LogP contribution in [0, 0.1) is 0 Å². The third-order valence-electron chi connectivity index (χ3n) is 4.29. The molecule has 0 fully saturated rings. The molecule has 0 saturated carbocycles. The Bertz CT molecular complexity index is 1160. The summed E-state index contributed by atoms with van der Waals surface area (Å²) in [5, 5.41) is 0.975. The molecule has 5 nitrogen and oxygen atoms in total. The van der Waals surface area contributed by atoms with Gasteiger partial charge in [-0.05, 0) is 55.0 Å². The lowest BCUT2D eigenvalue weighted by atomic mass is 10.1. The Morgan fingerprint density at radius 2 is 1.93 bits per heavy atom. The maximum Gasteiger partial charge on any atom is 0.338 e. The second-order valence-corrected chi connectivity index (χ2v) is 7.51. The van der Waals surface area contributed by atoms with Crippen molar-refractivity contribution in [3.8, 4) is 11.5 Å². The first kappa shape index (κ1) is 19.4. The summed E-state index contributed by atoms with van der Waals surface area (Å²) in [6.45, 7) is 1.85. The van der Waals surface area contributed by atoms with Gasteiger partial charge in [-0.25, -0.2) is 9.78 Å². The molecule has 0 saturated heterocycles. The summed E-state index contributed by atoms with van der Waals surface area (Å²) in [5.41, 5.74) is 3.15. The molecule has 0 aliphatic carbocycles. The van der Waals surface area contributed by atoms with Crippen LogP contribution >= 0.6 is 23.2 Å².